The number of hydrogen-bond acceptors (Lipinski definition) is 7. The highest BCUT2D eigenvalue weighted by molar-refractivity contribution is 7.13. The highest BCUT2D eigenvalue weighted by atomic mass is 32.1. The summed E-state index contributed by atoms with van der Waals surface area (Å²) in [6.45, 7) is 12.2. The molecular formula is C33H40N4O5S. The number of aromatic nitrogens is 1. The Hall–Kier alpha value is -3.76. The number of β-amino-alcohol motifs (C(OH)–C–C–N with tert-alkyl or cyclic N) is 1. The zero-order valence-corrected chi connectivity index (χ0v) is 26.4. The van der Waals surface area contributed by atoms with Gasteiger partial charge >= 0.3 is 0 Å². The first-order chi connectivity index (χ1) is 20.3. The fourth-order valence-electron chi connectivity index (χ4n) is 6.00. The summed E-state index contributed by atoms with van der Waals surface area (Å²) < 4.78 is 6.11. The summed E-state index contributed by atoms with van der Waals surface area (Å²) in [7, 11) is 0. The number of nitrogens with zero attached hydrogens (tertiary/aromatic N) is 3. The Kier molecular flexibility index (Phi) is 8.63. The van der Waals surface area contributed by atoms with Gasteiger partial charge in [-0.05, 0) is 49.4 Å². The van der Waals surface area contributed by atoms with E-state index in [0.29, 0.717) is 17.9 Å². The van der Waals surface area contributed by atoms with Crippen molar-refractivity contribution in [3.63, 3.8) is 0 Å². The van der Waals surface area contributed by atoms with Crippen molar-refractivity contribution in [1.29, 1.82) is 0 Å². The minimum atomic E-state index is -0.860. The van der Waals surface area contributed by atoms with Gasteiger partial charge in [0.2, 0.25) is 11.8 Å². The molecule has 10 heteroatoms. The Morgan fingerprint density at radius 1 is 1.19 bits per heavy atom. The Morgan fingerprint density at radius 2 is 1.93 bits per heavy atom. The van der Waals surface area contributed by atoms with Crippen LogP contribution in [0.5, 0.6) is 5.75 Å². The van der Waals surface area contributed by atoms with Gasteiger partial charge in [-0.3, -0.25) is 14.4 Å². The SMILES string of the molecule is Cc1ncsc1-c1ccc(CNC(=O)[C@@H]2CC(O)CN2C(=O)[C@@H](N2Cc3ccccc3C2=O)C(C)(C)C)c(OC(C)C)c1. The van der Waals surface area contributed by atoms with E-state index in [1.54, 1.807) is 22.3 Å². The standard InChI is InChI=1S/C33H40N4O5S/c1-19(2)42-27-13-21(28-20(3)35-18-43-28)11-12-22(27)15-34-30(39)26-14-24(38)17-36(26)32(41)29(33(4,5)6)37-16-23-9-7-8-10-25(23)31(37)40/h7-13,18-19,24,26,29,38H,14-17H2,1-6H3,(H,34,39)/t24?,26-,29+/m0/s1. The third kappa shape index (κ3) is 6.31. The summed E-state index contributed by atoms with van der Waals surface area (Å²) >= 11 is 1.56. The number of nitrogens with one attached hydrogen (secondary N) is 1. The highest BCUT2D eigenvalue weighted by Gasteiger charge is 2.48. The lowest BCUT2D eigenvalue weighted by atomic mass is 9.84. The van der Waals surface area contributed by atoms with Crippen LogP contribution in [0.4, 0.5) is 0 Å². The molecular weight excluding hydrogens is 564 g/mol. The molecule has 0 spiro atoms. The molecule has 43 heavy (non-hydrogen) atoms. The lowest BCUT2D eigenvalue weighted by Gasteiger charge is -2.40. The quantitative estimate of drug-likeness (QED) is 0.390. The molecule has 3 aromatic rings. The summed E-state index contributed by atoms with van der Waals surface area (Å²) in [6, 6.07) is 11.6. The Bertz CT molecular complexity index is 1530. The van der Waals surface area contributed by atoms with E-state index in [1.807, 2.05) is 83.5 Å². The number of carbonyl (C=O) groups excluding carboxylic acids is 3. The van der Waals surface area contributed by atoms with Crippen LogP contribution >= 0.6 is 11.3 Å². The van der Waals surface area contributed by atoms with Crippen molar-refractivity contribution in [2.75, 3.05) is 6.54 Å². The van der Waals surface area contributed by atoms with Gasteiger partial charge in [-0.1, -0.05) is 51.1 Å². The summed E-state index contributed by atoms with van der Waals surface area (Å²) in [6.07, 6.45) is -0.783. The maximum Gasteiger partial charge on any atom is 0.255 e. The predicted molar refractivity (Wildman–Crippen MR) is 166 cm³/mol. The Balaban J connectivity index is 1.35. The fourth-order valence-corrected chi connectivity index (χ4v) is 6.81. The van der Waals surface area contributed by atoms with E-state index >= 15 is 0 Å². The van der Waals surface area contributed by atoms with Gasteiger partial charge in [0.05, 0.1) is 28.3 Å². The molecule has 2 aliphatic heterocycles. The predicted octanol–water partition coefficient (Wildman–Crippen LogP) is 4.55. The second kappa shape index (κ2) is 12.1. The van der Waals surface area contributed by atoms with Crippen LogP contribution in [0.1, 0.15) is 68.2 Å². The molecule has 2 aromatic carbocycles. The van der Waals surface area contributed by atoms with Crippen LogP contribution in [0.15, 0.2) is 48.0 Å². The van der Waals surface area contributed by atoms with Crippen molar-refractivity contribution in [1.82, 2.24) is 20.1 Å². The second-order valence-electron chi connectivity index (χ2n) is 12.7. The highest BCUT2D eigenvalue weighted by Crippen LogP contribution is 2.36. The summed E-state index contributed by atoms with van der Waals surface area (Å²) in [4.78, 5) is 49.6. The van der Waals surface area contributed by atoms with E-state index < -0.39 is 23.6 Å². The average Bonchev–Trinajstić information content (AvgIpc) is 3.64. The molecule has 3 amide bonds. The van der Waals surface area contributed by atoms with Crippen molar-refractivity contribution in [2.45, 2.75) is 85.3 Å². The number of likely N-dealkylation sites (tertiary alicyclic amines) is 1. The van der Waals surface area contributed by atoms with Crippen molar-refractivity contribution in [3.05, 3.63) is 70.4 Å². The first-order valence-electron chi connectivity index (χ1n) is 14.7. The van der Waals surface area contributed by atoms with Crippen LogP contribution in [0.3, 0.4) is 0 Å². The van der Waals surface area contributed by atoms with Gasteiger partial charge in [0, 0.05) is 37.2 Å². The van der Waals surface area contributed by atoms with Gasteiger partial charge in [-0.25, -0.2) is 4.98 Å². The van der Waals surface area contributed by atoms with Crippen LogP contribution < -0.4 is 10.1 Å². The van der Waals surface area contributed by atoms with Gasteiger partial charge < -0.3 is 25.0 Å². The summed E-state index contributed by atoms with van der Waals surface area (Å²) in [5.41, 5.74) is 5.42. The van der Waals surface area contributed by atoms with Crippen molar-refractivity contribution < 1.29 is 24.2 Å². The smallest absolute Gasteiger partial charge is 0.255 e. The molecule has 0 saturated carbocycles. The first kappa shape index (κ1) is 30.7. The van der Waals surface area contributed by atoms with Gasteiger partial charge in [0.25, 0.3) is 5.91 Å². The van der Waals surface area contributed by atoms with E-state index in [1.165, 1.54) is 4.90 Å². The number of aryl methyl sites for hydroxylation is 1. The number of aliphatic hydroxyl groups is 1. The maximum absolute atomic E-state index is 14.2. The van der Waals surface area contributed by atoms with E-state index in [4.69, 9.17) is 4.74 Å². The van der Waals surface area contributed by atoms with E-state index in [-0.39, 0.29) is 43.3 Å². The van der Waals surface area contributed by atoms with Crippen molar-refractivity contribution >= 4 is 29.1 Å². The summed E-state index contributed by atoms with van der Waals surface area (Å²) in [5.74, 6) is -0.218. The molecule has 228 valence electrons. The third-order valence-corrected chi connectivity index (χ3v) is 8.95. The van der Waals surface area contributed by atoms with Crippen molar-refractivity contribution in [2.24, 2.45) is 5.41 Å². The molecule has 3 heterocycles. The van der Waals surface area contributed by atoms with Gasteiger partial charge in [-0.15, -0.1) is 11.3 Å². The number of carbonyl (C=O) groups is 3. The molecule has 0 radical (unpaired) electrons. The first-order valence-corrected chi connectivity index (χ1v) is 15.6. The Labute approximate surface area is 256 Å². The lowest BCUT2D eigenvalue weighted by Crippen LogP contribution is -2.57. The third-order valence-electron chi connectivity index (χ3n) is 7.97. The lowest BCUT2D eigenvalue weighted by molar-refractivity contribution is -0.145. The molecule has 2 N–H and O–H groups in total. The molecule has 3 atom stereocenters. The zero-order valence-electron chi connectivity index (χ0n) is 25.6. The summed E-state index contributed by atoms with van der Waals surface area (Å²) in [5, 5.41) is 13.6. The number of ether oxygens (including phenoxy) is 1. The number of hydrogen-bond donors (Lipinski definition) is 2. The number of benzene rings is 2. The Morgan fingerprint density at radius 3 is 2.58 bits per heavy atom. The molecule has 1 unspecified atom stereocenters. The monoisotopic (exact) mass is 604 g/mol. The average molecular weight is 605 g/mol. The van der Waals surface area contributed by atoms with Crippen LogP contribution in [0, 0.1) is 12.3 Å². The molecule has 5 rings (SSSR count). The van der Waals surface area contributed by atoms with E-state index in [9.17, 15) is 19.5 Å². The second-order valence-corrected chi connectivity index (χ2v) is 13.6. The van der Waals surface area contributed by atoms with Gasteiger partial charge in [0.1, 0.15) is 17.8 Å². The van der Waals surface area contributed by atoms with Crippen LogP contribution in [0.25, 0.3) is 10.4 Å². The van der Waals surface area contributed by atoms with Crippen molar-refractivity contribution in [3.8, 4) is 16.2 Å². The minimum absolute atomic E-state index is 0.0308. The van der Waals surface area contributed by atoms with Gasteiger partial charge in [0.15, 0.2) is 0 Å². The number of thiazole rings is 1. The zero-order chi connectivity index (χ0) is 31.1. The van der Waals surface area contributed by atoms with E-state index in [2.05, 4.69) is 10.3 Å². The number of aliphatic hydroxyl groups excluding tert-OH is 1. The molecule has 0 bridgehead atoms. The number of amides is 3. The normalized spacial score (nSPS) is 19.1. The molecule has 9 nitrogen and oxygen atoms in total. The molecule has 2 aliphatic rings. The fraction of sp³-hybridized carbons (Fsp3) is 0.455. The number of fused-ring (bicyclic) bond motifs is 1. The van der Waals surface area contributed by atoms with Crippen LogP contribution in [-0.2, 0) is 22.7 Å². The number of rotatable bonds is 8. The van der Waals surface area contributed by atoms with Crippen LogP contribution in [-0.4, -0.2) is 68.4 Å². The minimum Gasteiger partial charge on any atom is -0.491 e. The van der Waals surface area contributed by atoms with Crippen LogP contribution in [0.2, 0.25) is 0 Å². The largest absolute Gasteiger partial charge is 0.491 e. The topological polar surface area (TPSA) is 112 Å². The van der Waals surface area contributed by atoms with Gasteiger partial charge in [-0.2, -0.15) is 0 Å². The molecule has 0 aliphatic carbocycles. The maximum atomic E-state index is 14.2. The molecule has 1 aromatic heterocycles. The van der Waals surface area contributed by atoms with E-state index in [0.717, 1.165) is 27.3 Å². The molecule has 1 fully saturated rings. The molecule has 1 saturated heterocycles.